The molecule has 24 heavy (non-hydrogen) atoms. The predicted molar refractivity (Wildman–Crippen MR) is 99.1 cm³/mol. The highest BCUT2D eigenvalue weighted by atomic mass is 32.1. The fraction of sp³-hybridized carbons (Fsp3) is 0.0526. The van der Waals surface area contributed by atoms with Crippen LogP contribution in [0.5, 0.6) is 0 Å². The number of fused-ring (bicyclic) bond motifs is 2. The van der Waals surface area contributed by atoms with Crippen LogP contribution in [0.1, 0.15) is 0 Å². The minimum Gasteiger partial charge on any atom is -0.360 e. The van der Waals surface area contributed by atoms with E-state index in [0.717, 1.165) is 32.7 Å². The molecule has 4 aromatic heterocycles. The van der Waals surface area contributed by atoms with Gasteiger partial charge in [-0.1, -0.05) is 18.2 Å². The molecule has 1 N–H and O–H groups in total. The monoisotopic (exact) mass is 330 g/mol. The maximum Gasteiger partial charge on any atom is 0.126 e. The molecule has 0 spiro atoms. The van der Waals surface area contributed by atoms with E-state index in [1.165, 1.54) is 10.9 Å². The fourth-order valence-electron chi connectivity index (χ4n) is 3.21. The Hall–Kier alpha value is -2.92. The number of para-hydroxylation sites is 1. The molecule has 0 aliphatic heterocycles. The van der Waals surface area contributed by atoms with Crippen LogP contribution in [0.25, 0.3) is 43.6 Å². The van der Waals surface area contributed by atoms with Gasteiger partial charge in [0.2, 0.25) is 0 Å². The Kier molecular flexibility index (Phi) is 2.84. The molecule has 4 nitrogen and oxygen atoms in total. The average molecular weight is 330 g/mol. The molecule has 0 aliphatic carbocycles. The molecule has 0 fully saturated rings. The molecule has 0 atom stereocenters. The standard InChI is InChI=1S/C19H14N4S/c1-23-10-15(13-8-20-7-6-18(13)23)17-11-24-19(22-17)14-9-21-16-5-3-2-4-12(14)16/h2-11,21H,1H3. The van der Waals surface area contributed by atoms with Crippen LogP contribution in [0.2, 0.25) is 0 Å². The second kappa shape index (κ2) is 5.04. The number of pyridine rings is 1. The molecule has 116 valence electrons. The normalized spacial score (nSPS) is 11.5. The van der Waals surface area contributed by atoms with Crippen molar-refractivity contribution in [2.75, 3.05) is 0 Å². The van der Waals surface area contributed by atoms with Crippen molar-refractivity contribution in [2.24, 2.45) is 7.05 Å². The number of rotatable bonds is 2. The number of hydrogen-bond acceptors (Lipinski definition) is 3. The lowest BCUT2D eigenvalue weighted by Crippen LogP contribution is -1.82. The van der Waals surface area contributed by atoms with Gasteiger partial charge in [0.05, 0.1) is 11.2 Å². The zero-order chi connectivity index (χ0) is 16.1. The topological polar surface area (TPSA) is 46.5 Å². The molecule has 1 aromatic carbocycles. The molecule has 0 saturated heterocycles. The third-order valence-corrected chi connectivity index (χ3v) is 5.27. The zero-order valence-electron chi connectivity index (χ0n) is 13.0. The summed E-state index contributed by atoms with van der Waals surface area (Å²) in [6.45, 7) is 0. The van der Waals surface area contributed by atoms with Gasteiger partial charge in [-0.2, -0.15) is 0 Å². The van der Waals surface area contributed by atoms with Gasteiger partial charge in [0.25, 0.3) is 0 Å². The molecule has 0 radical (unpaired) electrons. The smallest absolute Gasteiger partial charge is 0.126 e. The van der Waals surface area contributed by atoms with Crippen LogP contribution in [-0.4, -0.2) is 19.5 Å². The summed E-state index contributed by atoms with van der Waals surface area (Å²) in [6, 6.07) is 10.4. The molecule has 5 aromatic rings. The average Bonchev–Trinajstić information content (AvgIpc) is 3.32. The van der Waals surface area contributed by atoms with Crippen LogP contribution in [0.3, 0.4) is 0 Å². The van der Waals surface area contributed by atoms with E-state index in [1.54, 1.807) is 11.3 Å². The summed E-state index contributed by atoms with van der Waals surface area (Å²) in [5.41, 5.74) is 5.59. The molecule has 0 bridgehead atoms. The number of thiazole rings is 1. The van der Waals surface area contributed by atoms with Crippen molar-refractivity contribution in [1.82, 2.24) is 19.5 Å². The van der Waals surface area contributed by atoms with E-state index in [2.05, 4.69) is 51.4 Å². The van der Waals surface area contributed by atoms with Crippen molar-refractivity contribution in [2.45, 2.75) is 0 Å². The van der Waals surface area contributed by atoms with Crippen molar-refractivity contribution in [3.63, 3.8) is 0 Å². The molecule has 4 heterocycles. The lowest BCUT2D eigenvalue weighted by molar-refractivity contribution is 0.968. The first kappa shape index (κ1) is 13.5. The number of nitrogens with zero attached hydrogens (tertiary/aromatic N) is 3. The number of H-pyrrole nitrogens is 1. The van der Waals surface area contributed by atoms with Gasteiger partial charge >= 0.3 is 0 Å². The van der Waals surface area contributed by atoms with Gasteiger partial charge in [0.15, 0.2) is 0 Å². The number of aromatic amines is 1. The Morgan fingerprint density at radius 2 is 2.00 bits per heavy atom. The Balaban J connectivity index is 1.67. The molecular formula is C19H14N4S. The molecule has 0 saturated carbocycles. The predicted octanol–water partition coefficient (Wildman–Crippen LogP) is 4.85. The number of aryl methyl sites for hydroxylation is 1. The maximum absolute atomic E-state index is 4.89. The van der Waals surface area contributed by atoms with Gasteiger partial charge in [-0.3, -0.25) is 4.98 Å². The van der Waals surface area contributed by atoms with E-state index in [1.807, 2.05) is 30.7 Å². The second-order valence-electron chi connectivity index (χ2n) is 5.83. The van der Waals surface area contributed by atoms with E-state index in [4.69, 9.17) is 4.98 Å². The summed E-state index contributed by atoms with van der Waals surface area (Å²) in [6.07, 6.45) is 7.90. The summed E-state index contributed by atoms with van der Waals surface area (Å²) in [5.74, 6) is 0. The van der Waals surface area contributed by atoms with E-state index < -0.39 is 0 Å². The summed E-state index contributed by atoms with van der Waals surface area (Å²) >= 11 is 1.67. The summed E-state index contributed by atoms with van der Waals surface area (Å²) in [5, 5.41) is 5.50. The van der Waals surface area contributed by atoms with Gasteiger partial charge in [0.1, 0.15) is 5.01 Å². The van der Waals surface area contributed by atoms with Crippen LogP contribution in [-0.2, 0) is 7.05 Å². The van der Waals surface area contributed by atoms with Gasteiger partial charge in [-0.05, 0) is 12.1 Å². The number of benzene rings is 1. The third-order valence-electron chi connectivity index (χ3n) is 4.39. The molecule has 5 heteroatoms. The van der Waals surface area contributed by atoms with Crippen LogP contribution in [0, 0.1) is 0 Å². The summed E-state index contributed by atoms with van der Waals surface area (Å²) < 4.78 is 2.12. The Morgan fingerprint density at radius 1 is 1.08 bits per heavy atom. The van der Waals surface area contributed by atoms with Crippen LogP contribution in [0.4, 0.5) is 0 Å². The van der Waals surface area contributed by atoms with Crippen molar-refractivity contribution >= 4 is 33.1 Å². The Bertz CT molecular complexity index is 1180. The third kappa shape index (κ3) is 1.91. The van der Waals surface area contributed by atoms with E-state index >= 15 is 0 Å². The number of hydrogen-bond donors (Lipinski definition) is 1. The Labute approximate surface area is 142 Å². The first-order valence-corrected chi connectivity index (χ1v) is 8.60. The van der Waals surface area contributed by atoms with Crippen LogP contribution < -0.4 is 0 Å². The Morgan fingerprint density at radius 3 is 2.96 bits per heavy atom. The second-order valence-corrected chi connectivity index (χ2v) is 6.69. The quantitative estimate of drug-likeness (QED) is 0.503. The lowest BCUT2D eigenvalue weighted by Gasteiger charge is -1.95. The molecule has 0 amide bonds. The molecule has 0 unspecified atom stereocenters. The highest BCUT2D eigenvalue weighted by Crippen LogP contribution is 2.35. The van der Waals surface area contributed by atoms with Crippen LogP contribution in [0.15, 0.2) is 60.5 Å². The SMILES string of the molecule is Cn1cc(-c2csc(-c3c[nH]c4ccccc34)n2)c2cnccc21. The highest BCUT2D eigenvalue weighted by molar-refractivity contribution is 7.13. The highest BCUT2D eigenvalue weighted by Gasteiger charge is 2.14. The number of nitrogens with one attached hydrogen (secondary N) is 1. The van der Waals surface area contributed by atoms with Crippen molar-refractivity contribution in [3.05, 3.63) is 60.5 Å². The van der Waals surface area contributed by atoms with E-state index in [0.29, 0.717) is 0 Å². The number of aromatic nitrogens is 4. The lowest BCUT2D eigenvalue weighted by atomic mass is 10.1. The van der Waals surface area contributed by atoms with Crippen LogP contribution >= 0.6 is 11.3 Å². The minimum atomic E-state index is 0.999. The first-order chi connectivity index (χ1) is 11.8. The van der Waals surface area contributed by atoms with Crippen molar-refractivity contribution < 1.29 is 0 Å². The maximum atomic E-state index is 4.89. The van der Waals surface area contributed by atoms with Gasteiger partial charge in [0, 0.05) is 64.6 Å². The first-order valence-electron chi connectivity index (χ1n) is 7.73. The van der Waals surface area contributed by atoms with Gasteiger partial charge in [-0.15, -0.1) is 11.3 Å². The summed E-state index contributed by atoms with van der Waals surface area (Å²) in [7, 11) is 2.05. The fourth-order valence-corrected chi connectivity index (χ4v) is 4.06. The summed E-state index contributed by atoms with van der Waals surface area (Å²) in [4.78, 5) is 12.5. The largest absolute Gasteiger partial charge is 0.360 e. The van der Waals surface area contributed by atoms with Crippen molar-refractivity contribution in [3.8, 4) is 21.8 Å². The van der Waals surface area contributed by atoms with Crippen molar-refractivity contribution in [1.29, 1.82) is 0 Å². The van der Waals surface area contributed by atoms with E-state index in [9.17, 15) is 0 Å². The zero-order valence-corrected chi connectivity index (χ0v) is 13.8. The van der Waals surface area contributed by atoms with Gasteiger partial charge < -0.3 is 9.55 Å². The van der Waals surface area contributed by atoms with Gasteiger partial charge in [-0.25, -0.2) is 4.98 Å². The molecule has 5 rings (SSSR count). The molecular weight excluding hydrogens is 316 g/mol. The molecule has 0 aliphatic rings. The minimum absolute atomic E-state index is 0.999. The van der Waals surface area contributed by atoms with E-state index in [-0.39, 0.29) is 0 Å².